The lowest BCUT2D eigenvalue weighted by molar-refractivity contribution is -0.145. The van der Waals surface area contributed by atoms with Gasteiger partial charge in [0.1, 0.15) is 10.9 Å². The Morgan fingerprint density at radius 2 is 2.00 bits per heavy atom. The third kappa shape index (κ3) is 2.02. The molecule has 8 heteroatoms. The van der Waals surface area contributed by atoms with Crippen molar-refractivity contribution >= 4 is 28.3 Å². The molecule has 3 rings (SSSR count). The SMILES string of the molecule is Cc1nnc(NC(=O)[C@@H]2[C@@H](C(=O)O)[C@H]3C=C[C@@H]2O3)s1. The molecule has 2 aliphatic rings. The summed E-state index contributed by atoms with van der Waals surface area (Å²) in [6.07, 6.45) is 2.44. The minimum Gasteiger partial charge on any atom is -0.481 e. The van der Waals surface area contributed by atoms with Crippen molar-refractivity contribution in [2.24, 2.45) is 11.8 Å². The molecule has 0 spiro atoms. The molecule has 0 aliphatic carbocycles. The Labute approximate surface area is 112 Å². The van der Waals surface area contributed by atoms with Crippen LogP contribution in [0.25, 0.3) is 0 Å². The number of nitrogens with one attached hydrogen (secondary N) is 1. The highest BCUT2D eigenvalue weighted by Gasteiger charge is 2.53. The van der Waals surface area contributed by atoms with Crippen LogP contribution in [0, 0.1) is 18.8 Å². The number of carboxylic acid groups (broad SMARTS) is 1. The number of nitrogens with zero attached hydrogens (tertiary/aromatic N) is 2. The van der Waals surface area contributed by atoms with Crippen molar-refractivity contribution in [2.75, 3.05) is 5.32 Å². The summed E-state index contributed by atoms with van der Waals surface area (Å²) < 4.78 is 5.44. The number of ether oxygens (including phenoxy) is 1. The van der Waals surface area contributed by atoms with E-state index >= 15 is 0 Å². The molecule has 0 radical (unpaired) electrons. The van der Waals surface area contributed by atoms with Gasteiger partial charge >= 0.3 is 5.97 Å². The molecular weight excluding hydrogens is 270 g/mol. The highest BCUT2D eigenvalue weighted by molar-refractivity contribution is 7.15. The summed E-state index contributed by atoms with van der Waals surface area (Å²) in [5, 5.41) is 20.5. The monoisotopic (exact) mass is 281 g/mol. The summed E-state index contributed by atoms with van der Waals surface area (Å²) in [6.45, 7) is 1.77. The van der Waals surface area contributed by atoms with Gasteiger partial charge in [0.25, 0.3) is 0 Å². The number of aromatic nitrogens is 2. The van der Waals surface area contributed by atoms with Crippen LogP contribution in [0.5, 0.6) is 0 Å². The molecule has 3 heterocycles. The van der Waals surface area contributed by atoms with Gasteiger partial charge in [-0.3, -0.25) is 9.59 Å². The van der Waals surface area contributed by atoms with Crippen molar-refractivity contribution in [3.63, 3.8) is 0 Å². The normalized spacial score (nSPS) is 31.6. The number of carboxylic acids is 1. The number of aryl methyl sites for hydroxylation is 1. The van der Waals surface area contributed by atoms with E-state index in [1.165, 1.54) is 11.3 Å². The summed E-state index contributed by atoms with van der Waals surface area (Å²) in [5.74, 6) is -2.98. The molecule has 100 valence electrons. The molecule has 7 nitrogen and oxygen atoms in total. The molecule has 1 saturated heterocycles. The number of fused-ring (bicyclic) bond motifs is 2. The van der Waals surface area contributed by atoms with Gasteiger partial charge in [-0.1, -0.05) is 23.5 Å². The number of anilines is 1. The first-order valence-electron chi connectivity index (χ1n) is 5.74. The standard InChI is InChI=1S/C11H11N3O4S/c1-4-13-14-11(19-4)12-9(15)7-5-2-3-6(18-5)8(7)10(16)17/h2-3,5-8H,1H3,(H,16,17)(H,12,14,15)/t5-,6+,7-,8-/m0/s1. The second kappa shape index (κ2) is 4.39. The number of hydrogen-bond donors (Lipinski definition) is 2. The van der Waals surface area contributed by atoms with E-state index in [2.05, 4.69) is 15.5 Å². The van der Waals surface area contributed by atoms with Gasteiger partial charge in [0.15, 0.2) is 0 Å². The minimum atomic E-state index is -1.02. The lowest BCUT2D eigenvalue weighted by atomic mass is 9.82. The number of hydrogen-bond acceptors (Lipinski definition) is 6. The zero-order valence-electron chi connectivity index (χ0n) is 9.94. The van der Waals surface area contributed by atoms with Crippen LogP contribution in [0.2, 0.25) is 0 Å². The van der Waals surface area contributed by atoms with Gasteiger partial charge in [0, 0.05) is 0 Å². The van der Waals surface area contributed by atoms with Crippen LogP contribution in [0.15, 0.2) is 12.2 Å². The fourth-order valence-corrected chi connectivity index (χ4v) is 3.05. The number of carbonyl (C=O) groups excluding carboxylic acids is 1. The number of rotatable bonds is 3. The highest BCUT2D eigenvalue weighted by atomic mass is 32.1. The lowest BCUT2D eigenvalue weighted by Gasteiger charge is -2.20. The fraction of sp³-hybridized carbons (Fsp3) is 0.455. The molecule has 2 aliphatic heterocycles. The summed E-state index contributed by atoms with van der Waals surface area (Å²) in [5.41, 5.74) is 0. The molecule has 0 saturated carbocycles. The molecule has 2 bridgehead atoms. The first-order valence-corrected chi connectivity index (χ1v) is 6.55. The molecule has 1 fully saturated rings. The number of carbonyl (C=O) groups is 2. The molecule has 4 atom stereocenters. The Morgan fingerprint density at radius 3 is 2.58 bits per heavy atom. The summed E-state index contributed by atoms with van der Waals surface area (Å²) >= 11 is 1.24. The van der Waals surface area contributed by atoms with E-state index in [0.717, 1.165) is 5.01 Å². The third-order valence-electron chi connectivity index (χ3n) is 3.24. The molecule has 1 amide bonds. The van der Waals surface area contributed by atoms with E-state index in [4.69, 9.17) is 4.74 Å². The molecule has 1 aromatic heterocycles. The maximum Gasteiger partial charge on any atom is 0.310 e. The van der Waals surface area contributed by atoms with Gasteiger partial charge in [-0.15, -0.1) is 10.2 Å². The first kappa shape index (κ1) is 12.2. The second-order valence-corrected chi connectivity index (χ2v) is 5.64. The summed E-state index contributed by atoms with van der Waals surface area (Å²) in [7, 11) is 0. The van der Waals surface area contributed by atoms with E-state index < -0.39 is 30.0 Å². The molecule has 0 unspecified atom stereocenters. The predicted octanol–water partition coefficient (Wildman–Crippen LogP) is 0.439. The predicted molar refractivity (Wildman–Crippen MR) is 65.7 cm³/mol. The van der Waals surface area contributed by atoms with E-state index in [9.17, 15) is 14.7 Å². The van der Waals surface area contributed by atoms with Crippen molar-refractivity contribution in [2.45, 2.75) is 19.1 Å². The summed E-state index contributed by atoms with van der Waals surface area (Å²) in [4.78, 5) is 23.4. The van der Waals surface area contributed by atoms with Crippen molar-refractivity contribution in [1.29, 1.82) is 0 Å². The van der Waals surface area contributed by atoms with Gasteiger partial charge in [-0.05, 0) is 6.92 Å². The van der Waals surface area contributed by atoms with Gasteiger partial charge in [-0.2, -0.15) is 0 Å². The van der Waals surface area contributed by atoms with Crippen LogP contribution in [0.3, 0.4) is 0 Å². The van der Waals surface area contributed by atoms with E-state index in [1.54, 1.807) is 19.1 Å². The zero-order chi connectivity index (χ0) is 13.6. The van der Waals surface area contributed by atoms with Gasteiger partial charge in [0.2, 0.25) is 11.0 Å². The Hall–Kier alpha value is -1.80. The van der Waals surface area contributed by atoms with Crippen LogP contribution in [0.4, 0.5) is 5.13 Å². The molecule has 1 aromatic rings. The van der Waals surface area contributed by atoms with Crippen LogP contribution >= 0.6 is 11.3 Å². The number of amides is 1. The fourth-order valence-electron chi connectivity index (χ4n) is 2.45. The Kier molecular flexibility index (Phi) is 2.83. The smallest absolute Gasteiger partial charge is 0.310 e. The Balaban J connectivity index is 1.79. The van der Waals surface area contributed by atoms with E-state index in [-0.39, 0.29) is 5.91 Å². The van der Waals surface area contributed by atoms with Crippen molar-refractivity contribution in [3.05, 3.63) is 17.2 Å². The van der Waals surface area contributed by atoms with Crippen LogP contribution in [0.1, 0.15) is 5.01 Å². The molecular formula is C11H11N3O4S. The van der Waals surface area contributed by atoms with E-state index in [0.29, 0.717) is 5.13 Å². The third-order valence-corrected chi connectivity index (χ3v) is 4.00. The number of aliphatic carboxylic acids is 1. The Bertz CT molecular complexity index is 570. The van der Waals surface area contributed by atoms with Crippen molar-refractivity contribution in [3.8, 4) is 0 Å². The zero-order valence-corrected chi connectivity index (χ0v) is 10.8. The second-order valence-electron chi connectivity index (χ2n) is 4.46. The Morgan fingerprint density at radius 1 is 1.32 bits per heavy atom. The summed E-state index contributed by atoms with van der Waals surface area (Å²) in [6, 6.07) is 0. The van der Waals surface area contributed by atoms with Crippen LogP contribution < -0.4 is 5.32 Å². The molecule has 19 heavy (non-hydrogen) atoms. The molecule has 2 N–H and O–H groups in total. The minimum absolute atomic E-state index is 0.374. The average Bonchev–Trinajstić information content (AvgIpc) is 3.03. The van der Waals surface area contributed by atoms with E-state index in [1.807, 2.05) is 0 Å². The maximum atomic E-state index is 12.2. The van der Waals surface area contributed by atoms with Gasteiger partial charge < -0.3 is 15.2 Å². The average molecular weight is 281 g/mol. The molecule has 0 aromatic carbocycles. The van der Waals surface area contributed by atoms with Crippen LogP contribution in [-0.2, 0) is 14.3 Å². The largest absolute Gasteiger partial charge is 0.481 e. The quantitative estimate of drug-likeness (QED) is 0.779. The van der Waals surface area contributed by atoms with Gasteiger partial charge in [0.05, 0.1) is 18.1 Å². The highest BCUT2D eigenvalue weighted by Crippen LogP contribution is 2.39. The van der Waals surface area contributed by atoms with Crippen LogP contribution in [-0.4, -0.2) is 39.4 Å². The van der Waals surface area contributed by atoms with Crippen molar-refractivity contribution < 1.29 is 19.4 Å². The first-order chi connectivity index (χ1) is 9.06. The lowest BCUT2D eigenvalue weighted by Crippen LogP contribution is -2.39. The van der Waals surface area contributed by atoms with Gasteiger partial charge in [-0.25, -0.2) is 0 Å². The topological polar surface area (TPSA) is 101 Å². The van der Waals surface area contributed by atoms with Crippen molar-refractivity contribution in [1.82, 2.24) is 10.2 Å². The maximum absolute atomic E-state index is 12.2.